The third-order valence-corrected chi connectivity index (χ3v) is 7.92. The topological polar surface area (TPSA) is 228 Å². The molecule has 1 aromatic heterocycles. The van der Waals surface area contributed by atoms with Crippen LogP contribution in [0.3, 0.4) is 0 Å². The molecule has 0 aliphatic carbocycles. The maximum absolute atomic E-state index is 12.9. The van der Waals surface area contributed by atoms with Crippen molar-refractivity contribution in [1.29, 1.82) is 0 Å². The van der Waals surface area contributed by atoms with Crippen molar-refractivity contribution < 1.29 is 48.0 Å². The van der Waals surface area contributed by atoms with Gasteiger partial charge in [-0.1, -0.05) is 5.16 Å². The Balaban J connectivity index is 1.60. The summed E-state index contributed by atoms with van der Waals surface area (Å²) in [5.41, 5.74) is 2.70. The molecule has 5 N–H and O–H groups in total. The van der Waals surface area contributed by atoms with Gasteiger partial charge in [-0.25, -0.2) is 14.6 Å². The molecule has 0 aromatic carbocycles. The van der Waals surface area contributed by atoms with Crippen LogP contribution in [0.1, 0.15) is 19.0 Å². The van der Waals surface area contributed by atoms with E-state index in [0.29, 0.717) is 0 Å². The van der Waals surface area contributed by atoms with Gasteiger partial charge >= 0.3 is 17.9 Å². The number of fused-ring (bicyclic) bond motifs is 3. The number of anilines is 1. The van der Waals surface area contributed by atoms with Crippen LogP contribution in [-0.2, 0) is 44.3 Å². The van der Waals surface area contributed by atoms with Crippen molar-refractivity contribution in [1.82, 2.24) is 15.2 Å². The number of nitrogen functional groups attached to an aromatic ring is 1. The number of oxime groups is 1. The molecule has 3 aliphatic rings. The average Bonchev–Trinajstić information content (AvgIpc) is 3.33. The minimum absolute atomic E-state index is 0.0681. The average molecular weight is 515 g/mol. The molecule has 4 heterocycles. The van der Waals surface area contributed by atoms with E-state index in [0.717, 1.165) is 16.2 Å². The molecule has 2 amide bonds. The Kier molecular flexibility index (Phi) is 5.76. The highest BCUT2D eigenvalue weighted by Gasteiger charge is 2.73. The van der Waals surface area contributed by atoms with Crippen LogP contribution in [0, 0.1) is 5.92 Å². The van der Waals surface area contributed by atoms with Crippen molar-refractivity contribution in [3.05, 3.63) is 11.1 Å². The van der Waals surface area contributed by atoms with Gasteiger partial charge < -0.3 is 30.8 Å². The summed E-state index contributed by atoms with van der Waals surface area (Å²) in [6.07, 6.45) is -1.73. The number of carboxylic acids is 2. The number of aliphatic carboxylic acids is 2. The number of β-lactam (4-membered cyclic amide) rings is 1. The molecule has 15 nitrogen and oxygen atoms in total. The van der Waals surface area contributed by atoms with Gasteiger partial charge in [-0.05, 0) is 6.92 Å². The van der Waals surface area contributed by atoms with Gasteiger partial charge in [0, 0.05) is 21.9 Å². The van der Waals surface area contributed by atoms with Crippen LogP contribution >= 0.6 is 11.3 Å². The summed E-state index contributed by atoms with van der Waals surface area (Å²) in [4.78, 5) is 70.1. The van der Waals surface area contributed by atoms with E-state index in [-0.39, 0.29) is 23.0 Å². The van der Waals surface area contributed by atoms with E-state index in [2.05, 4.69) is 15.5 Å². The molecule has 1 aromatic rings. The fourth-order valence-corrected chi connectivity index (χ4v) is 6.35. The first-order valence-corrected chi connectivity index (χ1v) is 11.9. The first-order chi connectivity index (χ1) is 16.0. The number of aromatic nitrogens is 1. The molecule has 0 radical (unpaired) electrons. The minimum atomic E-state index is -2.30. The third kappa shape index (κ3) is 3.56. The number of amides is 2. The Morgan fingerprint density at radius 3 is 2.74 bits per heavy atom. The molecule has 3 saturated heterocycles. The smallest absolute Gasteiger partial charge is 0.370 e. The molecule has 4 rings (SSSR count). The highest BCUT2D eigenvalue weighted by Crippen LogP contribution is 2.47. The molecule has 17 heteroatoms. The fraction of sp³-hybridized carbons (Fsp3) is 0.471. The number of thiazole rings is 1. The number of hydrogen-bond acceptors (Lipinski definition) is 12. The number of carbonyl (C=O) groups is 5. The summed E-state index contributed by atoms with van der Waals surface area (Å²) in [5, 5.41) is 24.7. The Morgan fingerprint density at radius 2 is 2.15 bits per heavy atom. The monoisotopic (exact) mass is 515 g/mol. The summed E-state index contributed by atoms with van der Waals surface area (Å²) < 4.78 is 17.8. The van der Waals surface area contributed by atoms with Gasteiger partial charge in [-0.2, -0.15) is 0 Å². The van der Waals surface area contributed by atoms with Crippen LogP contribution in [0.5, 0.6) is 0 Å². The Hall–Kier alpha value is -3.60. The number of ether oxygens (including phenoxy) is 1. The molecule has 0 unspecified atom stereocenters. The van der Waals surface area contributed by atoms with E-state index >= 15 is 0 Å². The summed E-state index contributed by atoms with van der Waals surface area (Å²) in [5.74, 6) is -6.98. The summed E-state index contributed by atoms with van der Waals surface area (Å²) in [7, 11) is -1.82. The standard InChI is InChI=1S/C17H17N5O10S2/c1-5(14(26)27)32-21-9(7-3-33-16(18)19-7)11(24)20-10-12(25)22-13(10)34(30)4-6-2-8(23)31-17(6,22)15(28)29/h3,5-6,10,13H,2,4H2,1H3,(H2,18,19)(H,20,24)(H,26,27)(H,28,29)/b21-9-/t5-,6+,10-,13-,17-,34+/m1/s1. The van der Waals surface area contributed by atoms with Crippen LogP contribution in [0.25, 0.3) is 0 Å². The van der Waals surface area contributed by atoms with Gasteiger partial charge in [0.15, 0.2) is 10.8 Å². The second-order valence-corrected chi connectivity index (χ2v) is 10.0. The molecule has 182 valence electrons. The molecule has 3 fully saturated rings. The number of hydrogen-bond donors (Lipinski definition) is 4. The maximum Gasteiger partial charge on any atom is 0.370 e. The number of carboxylic acid groups (broad SMARTS) is 2. The molecule has 34 heavy (non-hydrogen) atoms. The lowest BCUT2D eigenvalue weighted by atomic mass is 9.89. The molecular formula is C17H17N5O10S2. The van der Waals surface area contributed by atoms with Gasteiger partial charge in [-0.15, -0.1) is 11.3 Å². The normalized spacial score (nSPS) is 31.0. The van der Waals surface area contributed by atoms with Gasteiger partial charge in [0.05, 0.1) is 12.3 Å². The van der Waals surface area contributed by atoms with Gasteiger partial charge in [0.1, 0.15) is 17.1 Å². The summed E-state index contributed by atoms with van der Waals surface area (Å²) in [6, 6.07) is -1.43. The number of carbonyl (C=O) groups excluding carboxylic acids is 3. The van der Waals surface area contributed by atoms with Gasteiger partial charge in [0.2, 0.25) is 6.10 Å². The van der Waals surface area contributed by atoms with E-state index < -0.39 is 75.4 Å². The van der Waals surface area contributed by atoms with Gasteiger partial charge in [-0.3, -0.25) is 23.5 Å². The first-order valence-electron chi connectivity index (χ1n) is 9.61. The second kappa shape index (κ2) is 8.32. The highest BCUT2D eigenvalue weighted by molar-refractivity contribution is 7.85. The Morgan fingerprint density at radius 1 is 1.44 bits per heavy atom. The first kappa shape index (κ1) is 23.6. The SMILES string of the molecule is C[C@@H](O/N=C(\C(=O)N[C@@H]1C(=O)N2[C@@H]1[S@@](=O)C[C@@H]1CC(=O)O[C@@]12C(=O)O)c1csc(N)n1)C(=O)O. The number of esters is 1. The van der Waals surface area contributed by atoms with Crippen molar-refractivity contribution in [3.8, 4) is 0 Å². The number of rotatable bonds is 7. The zero-order valence-electron chi connectivity index (χ0n) is 17.2. The molecule has 0 spiro atoms. The van der Waals surface area contributed by atoms with Crippen LogP contribution in [0.15, 0.2) is 10.5 Å². The minimum Gasteiger partial charge on any atom is -0.478 e. The Bertz CT molecular complexity index is 1170. The van der Waals surface area contributed by atoms with Crippen molar-refractivity contribution in [2.45, 2.75) is 36.6 Å². The number of nitrogens with one attached hydrogen (secondary N) is 1. The zero-order chi connectivity index (χ0) is 24.9. The molecule has 0 bridgehead atoms. The van der Waals surface area contributed by atoms with Crippen molar-refractivity contribution in [2.75, 3.05) is 11.5 Å². The predicted octanol–water partition coefficient (Wildman–Crippen LogP) is -2.32. The van der Waals surface area contributed by atoms with E-state index in [9.17, 15) is 33.3 Å². The lowest BCUT2D eigenvalue weighted by Gasteiger charge is -2.56. The van der Waals surface area contributed by atoms with Crippen LogP contribution in [-0.4, -0.2) is 88.7 Å². The van der Waals surface area contributed by atoms with E-state index in [1.165, 1.54) is 12.3 Å². The van der Waals surface area contributed by atoms with Crippen LogP contribution < -0.4 is 11.1 Å². The van der Waals surface area contributed by atoms with E-state index in [1.54, 1.807) is 0 Å². The van der Waals surface area contributed by atoms with Crippen molar-refractivity contribution in [3.63, 3.8) is 0 Å². The van der Waals surface area contributed by atoms with Crippen LogP contribution in [0.2, 0.25) is 0 Å². The fourth-order valence-electron chi connectivity index (χ4n) is 3.88. The largest absolute Gasteiger partial charge is 0.478 e. The second-order valence-electron chi connectivity index (χ2n) is 7.57. The lowest BCUT2D eigenvalue weighted by Crippen LogP contribution is -2.83. The maximum atomic E-state index is 12.9. The van der Waals surface area contributed by atoms with Gasteiger partial charge in [0.25, 0.3) is 17.5 Å². The van der Waals surface area contributed by atoms with Crippen LogP contribution in [0.4, 0.5) is 5.13 Å². The Labute approximate surface area is 196 Å². The summed E-state index contributed by atoms with van der Waals surface area (Å²) >= 11 is 0.958. The van der Waals surface area contributed by atoms with Crippen molar-refractivity contribution >= 4 is 62.7 Å². The lowest BCUT2D eigenvalue weighted by molar-refractivity contribution is -0.216. The summed E-state index contributed by atoms with van der Waals surface area (Å²) in [6.45, 7) is 1.17. The van der Waals surface area contributed by atoms with E-state index in [4.69, 9.17) is 20.4 Å². The predicted molar refractivity (Wildman–Crippen MR) is 111 cm³/mol. The van der Waals surface area contributed by atoms with Crippen molar-refractivity contribution in [2.24, 2.45) is 11.1 Å². The third-order valence-electron chi connectivity index (χ3n) is 5.49. The number of nitrogens with zero attached hydrogens (tertiary/aromatic N) is 3. The van der Waals surface area contributed by atoms with E-state index in [1.807, 2.05) is 0 Å². The molecular weight excluding hydrogens is 498 g/mol. The zero-order valence-corrected chi connectivity index (χ0v) is 18.8. The molecule has 6 atom stereocenters. The number of nitrogens with two attached hydrogens (primary N) is 1. The molecule has 0 saturated carbocycles. The quantitative estimate of drug-likeness (QED) is 0.130. The highest BCUT2D eigenvalue weighted by atomic mass is 32.2. The molecule has 3 aliphatic heterocycles.